The number of methoxy groups -OCH3 is 1. The van der Waals surface area contributed by atoms with Crippen LogP contribution in [0.25, 0.3) is 11.0 Å². The van der Waals surface area contributed by atoms with Gasteiger partial charge in [-0.1, -0.05) is 6.07 Å². The van der Waals surface area contributed by atoms with Crippen LogP contribution in [0.1, 0.15) is 64.8 Å². The van der Waals surface area contributed by atoms with E-state index >= 15 is 8.78 Å². The highest BCUT2D eigenvalue weighted by molar-refractivity contribution is 6.09. The molecule has 43 heavy (non-hydrogen) atoms. The van der Waals surface area contributed by atoms with Crippen LogP contribution in [-0.2, 0) is 32.8 Å². The number of aryl methyl sites for hydroxylation is 1. The van der Waals surface area contributed by atoms with Gasteiger partial charge < -0.3 is 24.1 Å². The highest BCUT2D eigenvalue weighted by Gasteiger charge is 2.57. The second kappa shape index (κ2) is 9.61. The van der Waals surface area contributed by atoms with Crippen molar-refractivity contribution in [1.82, 2.24) is 15.1 Å². The molecule has 1 saturated heterocycles. The van der Waals surface area contributed by atoms with Crippen LogP contribution in [-0.4, -0.2) is 59.8 Å². The van der Waals surface area contributed by atoms with Gasteiger partial charge in [0.1, 0.15) is 5.76 Å². The molecule has 0 radical (unpaired) electrons. The second-order valence-electron chi connectivity index (χ2n) is 11.8. The average molecular weight is 596 g/mol. The lowest BCUT2D eigenvalue weighted by molar-refractivity contribution is -0.158. The number of imide groups is 1. The molecule has 1 aromatic heterocycles. The SMILES string of the molecule is COc1ccc2c(c1F)C(=O)N(C[C@@]1(c3cc4cc5c(c(F)c4o3)C(=O)CC5)NC(=O)N(COC(=O)C(C)(C)C)C1=O)C2. The number of rotatable bonds is 6. The van der Waals surface area contributed by atoms with Crippen molar-refractivity contribution in [2.45, 2.75) is 45.7 Å². The number of furan rings is 1. The molecule has 1 atom stereocenters. The molecule has 0 saturated carbocycles. The summed E-state index contributed by atoms with van der Waals surface area (Å²) in [7, 11) is 1.26. The maximum Gasteiger partial charge on any atom is 0.328 e. The zero-order chi connectivity index (χ0) is 31.0. The number of ketones is 1. The van der Waals surface area contributed by atoms with Crippen LogP contribution in [0, 0.1) is 17.0 Å². The molecule has 224 valence electrons. The van der Waals surface area contributed by atoms with Gasteiger partial charge in [0, 0.05) is 18.4 Å². The van der Waals surface area contributed by atoms with E-state index in [0.29, 0.717) is 22.4 Å². The monoisotopic (exact) mass is 595 g/mol. The number of fused-ring (bicyclic) bond motifs is 3. The molecule has 1 N–H and O–H groups in total. The van der Waals surface area contributed by atoms with Gasteiger partial charge in [-0.05, 0) is 56.5 Å². The molecule has 0 bridgehead atoms. The summed E-state index contributed by atoms with van der Waals surface area (Å²) in [5.74, 6) is -4.88. The Hall–Kier alpha value is -4.81. The van der Waals surface area contributed by atoms with E-state index in [1.807, 2.05) is 0 Å². The van der Waals surface area contributed by atoms with Crippen LogP contribution in [0.2, 0.25) is 0 Å². The predicted molar refractivity (Wildman–Crippen MR) is 144 cm³/mol. The van der Waals surface area contributed by atoms with Crippen molar-refractivity contribution in [3.05, 3.63) is 63.9 Å². The van der Waals surface area contributed by atoms with Crippen molar-refractivity contribution >= 4 is 40.6 Å². The first-order chi connectivity index (χ1) is 20.3. The summed E-state index contributed by atoms with van der Waals surface area (Å²) < 4.78 is 46.7. The minimum Gasteiger partial charge on any atom is -0.494 e. The molecule has 3 heterocycles. The normalized spacial score (nSPS) is 19.8. The highest BCUT2D eigenvalue weighted by atomic mass is 19.1. The Kier molecular flexibility index (Phi) is 6.33. The summed E-state index contributed by atoms with van der Waals surface area (Å²) in [5, 5.41) is 2.80. The van der Waals surface area contributed by atoms with Gasteiger partial charge in [0.15, 0.2) is 41.0 Å². The average Bonchev–Trinajstić information content (AvgIpc) is 3.68. The minimum atomic E-state index is -2.11. The quantitative estimate of drug-likeness (QED) is 0.336. The number of hydrogen-bond donors (Lipinski definition) is 1. The van der Waals surface area contributed by atoms with Crippen LogP contribution in [0.4, 0.5) is 13.6 Å². The Morgan fingerprint density at radius 3 is 2.49 bits per heavy atom. The molecule has 6 rings (SSSR count). The smallest absolute Gasteiger partial charge is 0.328 e. The topological polar surface area (TPSA) is 135 Å². The molecule has 0 unspecified atom stereocenters. The Labute approximate surface area is 243 Å². The van der Waals surface area contributed by atoms with Gasteiger partial charge in [0.25, 0.3) is 11.8 Å². The highest BCUT2D eigenvalue weighted by Crippen LogP contribution is 2.40. The van der Waals surface area contributed by atoms with Crippen LogP contribution >= 0.6 is 0 Å². The zero-order valence-corrected chi connectivity index (χ0v) is 23.8. The third-order valence-corrected chi connectivity index (χ3v) is 7.97. The van der Waals surface area contributed by atoms with E-state index in [9.17, 15) is 24.0 Å². The molecule has 11 nitrogen and oxygen atoms in total. The second-order valence-corrected chi connectivity index (χ2v) is 11.8. The van der Waals surface area contributed by atoms with E-state index in [0.717, 1.165) is 4.90 Å². The third kappa shape index (κ3) is 4.24. The fraction of sp³-hybridized carbons (Fsp3) is 0.367. The standard InChI is InChI=1S/C30H27F2N3O8/c1-29(2,3)27(39)42-13-35-26(38)30(33-28(35)40,12-34-11-15-6-8-18(41-4)22(31)21(15)25(34)37)19-10-16-9-14-5-7-17(36)20(14)23(32)24(16)43-19/h6,8-10H,5,7,11-13H2,1-4H3,(H,33,40)/t30-/m0/s1. The largest absolute Gasteiger partial charge is 0.494 e. The number of urea groups is 1. The summed E-state index contributed by atoms with van der Waals surface area (Å²) >= 11 is 0. The predicted octanol–water partition coefficient (Wildman–Crippen LogP) is 3.80. The van der Waals surface area contributed by atoms with Crippen LogP contribution < -0.4 is 10.1 Å². The molecule has 2 aliphatic heterocycles. The number of ether oxygens (including phenoxy) is 2. The molecule has 0 spiro atoms. The van der Waals surface area contributed by atoms with Gasteiger partial charge in [0.2, 0.25) is 0 Å². The molecular formula is C30H27F2N3O8. The summed E-state index contributed by atoms with van der Waals surface area (Å²) in [6, 6.07) is 4.88. The summed E-state index contributed by atoms with van der Waals surface area (Å²) in [6.45, 7) is 3.41. The van der Waals surface area contributed by atoms with Gasteiger partial charge in [-0.15, -0.1) is 0 Å². The molecule has 3 aliphatic rings. The molecule has 4 amide bonds. The lowest BCUT2D eigenvalue weighted by atomic mass is 9.94. The first-order valence-electron chi connectivity index (χ1n) is 13.5. The van der Waals surface area contributed by atoms with E-state index in [4.69, 9.17) is 13.9 Å². The van der Waals surface area contributed by atoms with Gasteiger partial charge >= 0.3 is 12.0 Å². The number of carbonyl (C=O) groups excluding carboxylic acids is 5. The van der Waals surface area contributed by atoms with E-state index in [2.05, 4.69) is 5.32 Å². The van der Waals surface area contributed by atoms with Crippen molar-refractivity contribution in [2.24, 2.45) is 5.41 Å². The number of hydrogen-bond acceptors (Lipinski definition) is 8. The van der Waals surface area contributed by atoms with Gasteiger partial charge in [-0.2, -0.15) is 0 Å². The van der Waals surface area contributed by atoms with Crippen LogP contribution in [0.15, 0.2) is 28.7 Å². The van der Waals surface area contributed by atoms with E-state index < -0.39 is 59.7 Å². The minimum absolute atomic E-state index is 0.0884. The lowest BCUT2D eigenvalue weighted by Gasteiger charge is -2.29. The summed E-state index contributed by atoms with van der Waals surface area (Å²) in [4.78, 5) is 67.2. The summed E-state index contributed by atoms with van der Waals surface area (Å²) in [5.41, 5.74) is -2.84. The van der Waals surface area contributed by atoms with Gasteiger partial charge in [-0.25, -0.2) is 18.5 Å². The molecule has 3 aromatic rings. The Balaban J connectivity index is 1.42. The molecular weight excluding hydrogens is 568 g/mol. The van der Waals surface area contributed by atoms with Crippen molar-refractivity contribution in [1.29, 1.82) is 0 Å². The third-order valence-electron chi connectivity index (χ3n) is 7.97. The van der Waals surface area contributed by atoms with Gasteiger partial charge in [-0.3, -0.25) is 19.2 Å². The first-order valence-corrected chi connectivity index (χ1v) is 13.5. The van der Waals surface area contributed by atoms with Crippen molar-refractivity contribution in [3.63, 3.8) is 0 Å². The van der Waals surface area contributed by atoms with Crippen molar-refractivity contribution in [3.8, 4) is 5.75 Å². The number of nitrogens with zero attached hydrogens (tertiary/aromatic N) is 2. The Bertz CT molecular complexity index is 1770. The fourth-order valence-corrected chi connectivity index (χ4v) is 5.68. The first kappa shape index (κ1) is 28.3. The molecule has 2 aromatic carbocycles. The number of halogens is 2. The van der Waals surface area contributed by atoms with Gasteiger partial charge in [0.05, 0.1) is 30.2 Å². The van der Waals surface area contributed by atoms with Crippen LogP contribution in [0.5, 0.6) is 5.75 Å². The number of nitrogens with one attached hydrogen (secondary N) is 1. The molecule has 1 aliphatic carbocycles. The maximum atomic E-state index is 15.5. The van der Waals surface area contributed by atoms with Crippen molar-refractivity contribution < 1.29 is 46.6 Å². The van der Waals surface area contributed by atoms with E-state index in [1.54, 1.807) is 26.8 Å². The molecule has 1 fully saturated rings. The summed E-state index contributed by atoms with van der Waals surface area (Å²) in [6.07, 6.45) is 0.496. The fourth-order valence-electron chi connectivity index (χ4n) is 5.68. The Morgan fingerprint density at radius 2 is 1.79 bits per heavy atom. The number of esters is 1. The van der Waals surface area contributed by atoms with Crippen molar-refractivity contribution in [2.75, 3.05) is 20.4 Å². The lowest BCUT2D eigenvalue weighted by Crippen LogP contribution is -2.52. The maximum absolute atomic E-state index is 15.5. The van der Waals surface area contributed by atoms with E-state index in [-0.39, 0.29) is 52.4 Å². The van der Waals surface area contributed by atoms with E-state index in [1.165, 1.54) is 25.3 Å². The zero-order valence-electron chi connectivity index (χ0n) is 23.8. The number of amides is 4. The number of Topliss-reactive ketones (excluding diaryl/α,β-unsaturated/α-hetero) is 1. The Morgan fingerprint density at radius 1 is 1.05 bits per heavy atom. The van der Waals surface area contributed by atoms with Crippen LogP contribution in [0.3, 0.4) is 0 Å². The molecule has 13 heteroatoms. The number of carbonyl (C=O) groups is 5. The number of benzene rings is 2.